The zero-order chi connectivity index (χ0) is 30.1. The van der Waals surface area contributed by atoms with E-state index in [-0.39, 0.29) is 34.0 Å². The molecule has 0 saturated carbocycles. The van der Waals surface area contributed by atoms with Crippen molar-refractivity contribution < 1.29 is 35.5 Å². The van der Waals surface area contributed by atoms with Crippen LogP contribution in [0.5, 0.6) is 0 Å². The monoisotopic (exact) mass is 603 g/mol. The van der Waals surface area contributed by atoms with E-state index in [1.165, 1.54) is 30.6 Å². The largest absolute Gasteiger partial charge is 0.416 e. The van der Waals surface area contributed by atoms with Gasteiger partial charge in [0.15, 0.2) is 9.84 Å². The van der Waals surface area contributed by atoms with Gasteiger partial charge in [0.1, 0.15) is 11.5 Å². The molecule has 1 aliphatic heterocycles. The summed E-state index contributed by atoms with van der Waals surface area (Å²) < 4.78 is 83.4. The maximum Gasteiger partial charge on any atom is 0.416 e. The summed E-state index contributed by atoms with van der Waals surface area (Å²) in [6.07, 6.45) is -0.844. The van der Waals surface area contributed by atoms with Gasteiger partial charge in [-0.05, 0) is 47.5 Å². The Hall–Kier alpha value is -4.30. The number of H-pyrrole nitrogens is 1. The van der Waals surface area contributed by atoms with Crippen molar-refractivity contribution in [1.29, 1.82) is 0 Å². The van der Waals surface area contributed by atoms with Gasteiger partial charge in [0.2, 0.25) is 5.95 Å². The SMILES string of the molecule is CS(=O)(=O)c1ccc(CNC(=O)c2cc(-c3nc(N4CCOCC4)ncc3-c3cc(F)cc(C(F)(F)F)c3)c[nH]2)cc1. The van der Waals surface area contributed by atoms with E-state index >= 15 is 0 Å². The topological polar surface area (TPSA) is 117 Å². The van der Waals surface area contributed by atoms with Gasteiger partial charge in [0.05, 0.1) is 29.4 Å². The molecule has 0 radical (unpaired) electrons. The molecule has 0 spiro atoms. The number of aromatic nitrogens is 3. The van der Waals surface area contributed by atoms with Crippen LogP contribution in [-0.4, -0.2) is 61.8 Å². The van der Waals surface area contributed by atoms with E-state index in [1.54, 1.807) is 12.1 Å². The molecule has 0 bridgehead atoms. The fourth-order valence-corrected chi connectivity index (χ4v) is 5.05. The summed E-state index contributed by atoms with van der Waals surface area (Å²) in [5.74, 6) is -1.24. The standard InChI is InChI=1S/C28H25F4N5O4S/c1-42(39,40)22-4-2-17(3-5-22)14-34-26(38)24-12-19(15-33-24)25-23(16-35-27(36-25)37-6-8-41-9-7-37)18-10-20(28(30,31)32)13-21(29)11-18/h2-5,10-13,15-16,33H,6-9,14H2,1H3,(H,34,38). The van der Waals surface area contributed by atoms with Gasteiger partial charge in [-0.1, -0.05) is 12.1 Å². The molecule has 1 saturated heterocycles. The Morgan fingerprint density at radius 2 is 1.79 bits per heavy atom. The van der Waals surface area contributed by atoms with Gasteiger partial charge in [0, 0.05) is 49.4 Å². The first kappa shape index (κ1) is 29.2. The highest BCUT2D eigenvalue weighted by Crippen LogP contribution is 2.37. The average molecular weight is 604 g/mol. The zero-order valence-corrected chi connectivity index (χ0v) is 23.0. The Bertz CT molecular complexity index is 1720. The van der Waals surface area contributed by atoms with Crippen molar-refractivity contribution in [2.45, 2.75) is 17.6 Å². The van der Waals surface area contributed by atoms with Gasteiger partial charge in [0.25, 0.3) is 5.91 Å². The maximum atomic E-state index is 14.3. The van der Waals surface area contributed by atoms with E-state index in [0.717, 1.165) is 18.4 Å². The van der Waals surface area contributed by atoms with E-state index < -0.39 is 33.3 Å². The van der Waals surface area contributed by atoms with Crippen LogP contribution < -0.4 is 10.2 Å². The minimum Gasteiger partial charge on any atom is -0.378 e. The number of aromatic amines is 1. The predicted molar refractivity (Wildman–Crippen MR) is 146 cm³/mol. The molecular formula is C28H25F4N5O4S. The third kappa shape index (κ3) is 6.60. The third-order valence-corrected chi connectivity index (χ3v) is 7.74. The first-order chi connectivity index (χ1) is 19.9. The van der Waals surface area contributed by atoms with E-state index in [0.29, 0.717) is 49.4 Å². The minimum absolute atomic E-state index is 0.0735. The Morgan fingerprint density at radius 1 is 1.07 bits per heavy atom. The molecule has 0 unspecified atom stereocenters. The van der Waals surface area contributed by atoms with Crippen LogP contribution >= 0.6 is 0 Å². The fourth-order valence-electron chi connectivity index (χ4n) is 4.42. The number of amides is 1. The number of carbonyl (C=O) groups is 1. The molecule has 2 N–H and O–H groups in total. The molecule has 2 aromatic carbocycles. The van der Waals surface area contributed by atoms with Crippen molar-refractivity contribution in [3.8, 4) is 22.4 Å². The predicted octanol–water partition coefficient (Wildman–Crippen LogP) is 4.47. The number of nitrogens with one attached hydrogen (secondary N) is 2. The zero-order valence-electron chi connectivity index (χ0n) is 22.2. The molecule has 4 aromatic rings. The highest BCUT2D eigenvalue weighted by molar-refractivity contribution is 7.90. The van der Waals surface area contributed by atoms with Crippen molar-refractivity contribution in [1.82, 2.24) is 20.3 Å². The number of alkyl halides is 3. The lowest BCUT2D eigenvalue weighted by atomic mass is 10.00. The van der Waals surface area contributed by atoms with E-state index in [9.17, 15) is 30.8 Å². The van der Waals surface area contributed by atoms with Gasteiger partial charge in [-0.15, -0.1) is 0 Å². The Balaban J connectivity index is 1.45. The van der Waals surface area contributed by atoms with E-state index in [2.05, 4.69) is 20.3 Å². The number of nitrogens with zero attached hydrogens (tertiary/aromatic N) is 3. The average Bonchev–Trinajstić information content (AvgIpc) is 3.46. The first-order valence-electron chi connectivity index (χ1n) is 12.7. The summed E-state index contributed by atoms with van der Waals surface area (Å²) in [5, 5.41) is 2.73. The summed E-state index contributed by atoms with van der Waals surface area (Å²) in [4.78, 5) is 26.7. The van der Waals surface area contributed by atoms with Crippen LogP contribution in [0.15, 0.2) is 65.8 Å². The number of benzene rings is 2. The molecule has 1 aliphatic rings. The number of halogens is 4. The van der Waals surface area contributed by atoms with E-state index in [1.807, 2.05) is 4.90 Å². The number of hydrogen-bond donors (Lipinski definition) is 2. The molecule has 42 heavy (non-hydrogen) atoms. The van der Waals surface area contributed by atoms with Gasteiger partial charge >= 0.3 is 6.18 Å². The van der Waals surface area contributed by atoms with Gasteiger partial charge < -0.3 is 19.9 Å². The van der Waals surface area contributed by atoms with Gasteiger partial charge in [-0.25, -0.2) is 22.8 Å². The Kier molecular flexibility index (Phi) is 8.01. The molecule has 14 heteroatoms. The third-order valence-electron chi connectivity index (χ3n) is 6.61. The Labute approximate surface area is 238 Å². The number of carbonyl (C=O) groups excluding carboxylic acids is 1. The number of sulfone groups is 1. The molecule has 0 aliphatic carbocycles. The second kappa shape index (κ2) is 11.5. The normalized spacial score (nSPS) is 14.2. The summed E-state index contributed by atoms with van der Waals surface area (Å²) in [6, 6.07) is 9.78. The number of rotatable bonds is 7. The Morgan fingerprint density at radius 3 is 2.45 bits per heavy atom. The summed E-state index contributed by atoms with van der Waals surface area (Å²) >= 11 is 0. The lowest BCUT2D eigenvalue weighted by Crippen LogP contribution is -2.37. The van der Waals surface area contributed by atoms with Crippen LogP contribution in [0.25, 0.3) is 22.4 Å². The smallest absolute Gasteiger partial charge is 0.378 e. The highest BCUT2D eigenvalue weighted by Gasteiger charge is 2.32. The lowest BCUT2D eigenvalue weighted by molar-refractivity contribution is -0.137. The second-order valence-electron chi connectivity index (χ2n) is 9.66. The van der Waals surface area contributed by atoms with Crippen LogP contribution in [0.1, 0.15) is 21.6 Å². The highest BCUT2D eigenvalue weighted by atomic mass is 32.2. The van der Waals surface area contributed by atoms with Crippen molar-refractivity contribution >= 4 is 21.7 Å². The van der Waals surface area contributed by atoms with Crippen molar-refractivity contribution in [2.24, 2.45) is 0 Å². The van der Waals surface area contributed by atoms with Crippen LogP contribution in [0.3, 0.4) is 0 Å². The second-order valence-corrected chi connectivity index (χ2v) is 11.7. The van der Waals surface area contributed by atoms with Gasteiger partial charge in [-0.2, -0.15) is 13.2 Å². The molecule has 0 atom stereocenters. The lowest BCUT2D eigenvalue weighted by Gasteiger charge is -2.27. The molecular weight excluding hydrogens is 578 g/mol. The van der Waals surface area contributed by atoms with Crippen molar-refractivity contribution in [2.75, 3.05) is 37.5 Å². The molecule has 2 aromatic heterocycles. The first-order valence-corrected chi connectivity index (χ1v) is 14.6. The summed E-state index contributed by atoms with van der Waals surface area (Å²) in [6.45, 7) is 2.02. The van der Waals surface area contributed by atoms with Crippen LogP contribution in [-0.2, 0) is 27.3 Å². The molecule has 1 amide bonds. The van der Waals surface area contributed by atoms with Crippen LogP contribution in [0, 0.1) is 5.82 Å². The van der Waals surface area contributed by atoms with Crippen LogP contribution in [0.4, 0.5) is 23.5 Å². The molecule has 1 fully saturated rings. The van der Waals surface area contributed by atoms with Crippen molar-refractivity contribution in [3.05, 3.63) is 83.6 Å². The van der Waals surface area contributed by atoms with E-state index in [4.69, 9.17) is 4.74 Å². The number of hydrogen-bond acceptors (Lipinski definition) is 7. The maximum absolute atomic E-state index is 14.3. The number of ether oxygens (including phenoxy) is 1. The minimum atomic E-state index is -4.77. The van der Waals surface area contributed by atoms with Gasteiger partial charge in [-0.3, -0.25) is 4.79 Å². The molecule has 3 heterocycles. The fraction of sp³-hybridized carbons (Fsp3) is 0.250. The summed E-state index contributed by atoms with van der Waals surface area (Å²) in [5.41, 5.74) is 0.316. The molecule has 9 nitrogen and oxygen atoms in total. The summed E-state index contributed by atoms with van der Waals surface area (Å²) in [7, 11) is -3.35. The van der Waals surface area contributed by atoms with Crippen molar-refractivity contribution in [3.63, 3.8) is 0 Å². The molecule has 220 valence electrons. The number of anilines is 1. The van der Waals surface area contributed by atoms with Crippen LogP contribution in [0.2, 0.25) is 0 Å². The molecule has 5 rings (SSSR count). The quantitative estimate of drug-likeness (QED) is 0.300. The number of morpholine rings is 1.